The molecule has 6 heteroatoms. The zero-order valence-corrected chi connectivity index (χ0v) is 12.4. The molecule has 108 valence electrons. The summed E-state index contributed by atoms with van der Waals surface area (Å²) in [6.07, 6.45) is 3.01. The molecule has 0 fully saturated rings. The Morgan fingerprint density at radius 1 is 1.38 bits per heavy atom. The Morgan fingerprint density at radius 2 is 2.19 bits per heavy atom. The van der Waals surface area contributed by atoms with Gasteiger partial charge in [0.1, 0.15) is 5.75 Å². The third-order valence-corrected chi connectivity index (χ3v) is 3.02. The molecule has 0 saturated heterocycles. The highest BCUT2D eigenvalue weighted by Crippen LogP contribution is 2.24. The maximum absolute atomic E-state index is 11.8. The van der Waals surface area contributed by atoms with Gasteiger partial charge in [-0.15, -0.1) is 0 Å². The Balaban J connectivity index is 2.00. The molecule has 1 aromatic heterocycles. The van der Waals surface area contributed by atoms with Crippen LogP contribution in [0.3, 0.4) is 0 Å². The van der Waals surface area contributed by atoms with Gasteiger partial charge in [-0.1, -0.05) is 11.6 Å². The lowest BCUT2D eigenvalue weighted by Crippen LogP contribution is -2.17. The topological polar surface area (TPSA) is 63.6 Å². The molecule has 21 heavy (non-hydrogen) atoms. The molecule has 2 rings (SSSR count). The number of halogens is 1. The Hall–Kier alpha value is -2.40. The van der Waals surface area contributed by atoms with E-state index in [-0.39, 0.29) is 5.91 Å². The summed E-state index contributed by atoms with van der Waals surface area (Å²) in [4.78, 5) is 15.9. The van der Waals surface area contributed by atoms with E-state index in [1.54, 1.807) is 37.4 Å². The molecule has 0 aliphatic carbocycles. The van der Waals surface area contributed by atoms with E-state index in [1.807, 2.05) is 6.92 Å². The van der Waals surface area contributed by atoms with Crippen molar-refractivity contribution in [3.8, 4) is 5.75 Å². The number of aromatic nitrogens is 1. The number of carbonyl (C=O) groups excluding carboxylic acids is 1. The lowest BCUT2D eigenvalue weighted by atomic mass is 10.2. The van der Waals surface area contributed by atoms with Gasteiger partial charge in [-0.2, -0.15) is 5.10 Å². The molecule has 0 unspecified atom stereocenters. The van der Waals surface area contributed by atoms with Crippen molar-refractivity contribution < 1.29 is 9.53 Å². The summed E-state index contributed by atoms with van der Waals surface area (Å²) in [5.41, 5.74) is 4.48. The maximum atomic E-state index is 11.8. The third-order valence-electron chi connectivity index (χ3n) is 2.73. The van der Waals surface area contributed by atoms with E-state index >= 15 is 0 Å². The number of ether oxygens (including phenoxy) is 1. The second-order valence-corrected chi connectivity index (χ2v) is 4.69. The van der Waals surface area contributed by atoms with E-state index in [4.69, 9.17) is 16.3 Å². The normalized spacial score (nSPS) is 10.6. The average molecular weight is 304 g/mol. The molecular formula is C15H14ClN3O2. The number of aryl methyl sites for hydroxylation is 1. The van der Waals surface area contributed by atoms with Gasteiger partial charge in [0.2, 0.25) is 0 Å². The van der Waals surface area contributed by atoms with Gasteiger partial charge in [-0.25, -0.2) is 5.43 Å². The van der Waals surface area contributed by atoms with Crippen molar-refractivity contribution in [2.75, 3.05) is 7.11 Å². The highest BCUT2D eigenvalue weighted by Gasteiger charge is 2.04. The Morgan fingerprint density at radius 3 is 2.81 bits per heavy atom. The Kier molecular flexibility index (Phi) is 4.90. The molecule has 1 heterocycles. The predicted octanol–water partition coefficient (Wildman–Crippen LogP) is 2.82. The van der Waals surface area contributed by atoms with E-state index in [1.165, 1.54) is 12.4 Å². The minimum Gasteiger partial charge on any atom is -0.495 e. The van der Waals surface area contributed by atoms with Crippen LogP contribution in [0.1, 0.15) is 21.6 Å². The van der Waals surface area contributed by atoms with E-state index in [2.05, 4.69) is 15.5 Å². The van der Waals surface area contributed by atoms with Crippen molar-refractivity contribution in [1.82, 2.24) is 10.4 Å². The predicted molar refractivity (Wildman–Crippen MR) is 82.0 cm³/mol. The number of pyridine rings is 1. The largest absolute Gasteiger partial charge is 0.495 e. The fourth-order valence-electron chi connectivity index (χ4n) is 1.60. The molecule has 0 radical (unpaired) electrons. The van der Waals surface area contributed by atoms with Crippen LogP contribution in [0.2, 0.25) is 5.02 Å². The van der Waals surface area contributed by atoms with Gasteiger partial charge in [0.05, 0.1) is 23.9 Å². The summed E-state index contributed by atoms with van der Waals surface area (Å²) >= 11 is 6.00. The average Bonchev–Trinajstić information content (AvgIpc) is 2.48. The van der Waals surface area contributed by atoms with Gasteiger partial charge in [0.25, 0.3) is 5.91 Å². The molecule has 0 aliphatic heterocycles. The van der Waals surface area contributed by atoms with Crippen LogP contribution in [0.4, 0.5) is 0 Å². The van der Waals surface area contributed by atoms with Crippen LogP contribution < -0.4 is 10.2 Å². The monoisotopic (exact) mass is 303 g/mol. The smallest absolute Gasteiger partial charge is 0.272 e. The number of benzene rings is 1. The number of nitrogens with zero attached hydrogens (tertiary/aromatic N) is 2. The summed E-state index contributed by atoms with van der Waals surface area (Å²) in [6, 6.07) is 8.67. The maximum Gasteiger partial charge on any atom is 0.272 e. The first-order valence-corrected chi connectivity index (χ1v) is 6.57. The van der Waals surface area contributed by atoms with Crippen molar-refractivity contribution >= 4 is 23.7 Å². The molecule has 0 saturated carbocycles. The number of hydrogen-bond acceptors (Lipinski definition) is 4. The first-order chi connectivity index (χ1) is 10.1. The van der Waals surface area contributed by atoms with Crippen molar-refractivity contribution in [2.45, 2.75) is 6.92 Å². The minimum atomic E-state index is -0.321. The number of hydrazone groups is 1. The number of methoxy groups -OCH3 is 1. The lowest BCUT2D eigenvalue weighted by Gasteiger charge is -2.03. The first kappa shape index (κ1) is 15.0. The summed E-state index contributed by atoms with van der Waals surface area (Å²) in [5, 5.41) is 4.37. The van der Waals surface area contributed by atoms with Crippen molar-refractivity contribution in [3.05, 3.63) is 58.4 Å². The Bertz CT molecular complexity index is 669. The fourth-order valence-corrected chi connectivity index (χ4v) is 1.86. The number of carbonyl (C=O) groups is 1. The van der Waals surface area contributed by atoms with Crippen LogP contribution in [0.5, 0.6) is 5.75 Å². The third kappa shape index (κ3) is 4.03. The van der Waals surface area contributed by atoms with Gasteiger partial charge in [0, 0.05) is 11.9 Å². The zero-order chi connectivity index (χ0) is 15.2. The number of nitrogens with one attached hydrogen (secondary N) is 1. The highest BCUT2D eigenvalue weighted by atomic mass is 35.5. The molecule has 1 amide bonds. The van der Waals surface area contributed by atoms with Crippen LogP contribution >= 0.6 is 11.6 Å². The summed E-state index contributed by atoms with van der Waals surface area (Å²) in [7, 11) is 1.55. The second kappa shape index (κ2) is 6.85. The van der Waals surface area contributed by atoms with Gasteiger partial charge < -0.3 is 4.74 Å². The number of amides is 1. The van der Waals surface area contributed by atoms with Crippen LogP contribution in [0.25, 0.3) is 0 Å². The van der Waals surface area contributed by atoms with Crippen LogP contribution in [-0.2, 0) is 0 Å². The number of hydrogen-bond donors (Lipinski definition) is 1. The molecule has 1 N–H and O–H groups in total. The fraction of sp³-hybridized carbons (Fsp3) is 0.133. The van der Waals surface area contributed by atoms with Gasteiger partial charge in [-0.05, 0) is 42.8 Å². The molecule has 1 aromatic carbocycles. The quantitative estimate of drug-likeness (QED) is 0.698. The van der Waals surface area contributed by atoms with Gasteiger partial charge in [0.15, 0.2) is 0 Å². The summed E-state index contributed by atoms with van der Waals surface area (Å²) < 4.78 is 5.06. The summed E-state index contributed by atoms with van der Waals surface area (Å²) in [5.74, 6) is 0.266. The van der Waals surface area contributed by atoms with Crippen molar-refractivity contribution in [3.63, 3.8) is 0 Å². The highest BCUT2D eigenvalue weighted by molar-refractivity contribution is 6.32. The van der Waals surface area contributed by atoms with E-state index in [9.17, 15) is 4.79 Å². The minimum absolute atomic E-state index is 0.321. The van der Waals surface area contributed by atoms with E-state index < -0.39 is 0 Å². The molecule has 0 bridgehead atoms. The van der Waals surface area contributed by atoms with E-state index in [0.717, 1.165) is 11.3 Å². The van der Waals surface area contributed by atoms with Gasteiger partial charge >= 0.3 is 0 Å². The zero-order valence-electron chi connectivity index (χ0n) is 11.6. The standard InChI is InChI=1S/C15H14ClN3O2/c1-10-3-5-12(9-17-10)15(20)19-18-8-11-4-6-14(21-2)13(16)7-11/h3-9H,1-2H3,(H,19,20)/b18-8-. The van der Waals surface area contributed by atoms with Crippen LogP contribution in [-0.4, -0.2) is 24.2 Å². The summed E-state index contributed by atoms with van der Waals surface area (Å²) in [6.45, 7) is 1.85. The van der Waals surface area contributed by atoms with Crippen molar-refractivity contribution in [1.29, 1.82) is 0 Å². The number of rotatable bonds is 4. The van der Waals surface area contributed by atoms with E-state index in [0.29, 0.717) is 16.3 Å². The molecule has 5 nitrogen and oxygen atoms in total. The van der Waals surface area contributed by atoms with Crippen molar-refractivity contribution in [2.24, 2.45) is 5.10 Å². The Labute approximate surface area is 127 Å². The molecule has 0 atom stereocenters. The van der Waals surface area contributed by atoms with Gasteiger partial charge in [-0.3, -0.25) is 9.78 Å². The van der Waals surface area contributed by atoms with Crippen LogP contribution in [0, 0.1) is 6.92 Å². The molecule has 2 aromatic rings. The first-order valence-electron chi connectivity index (χ1n) is 6.20. The van der Waals surface area contributed by atoms with Crippen LogP contribution in [0.15, 0.2) is 41.6 Å². The molecular weight excluding hydrogens is 290 g/mol. The molecule has 0 spiro atoms. The lowest BCUT2D eigenvalue weighted by molar-refractivity contribution is 0.0955. The second-order valence-electron chi connectivity index (χ2n) is 4.28. The SMILES string of the molecule is COc1ccc(/C=N\NC(=O)c2ccc(C)nc2)cc1Cl. The molecule has 0 aliphatic rings.